The quantitative estimate of drug-likeness (QED) is 0.841. The average Bonchev–Trinajstić information content (AvgIpc) is 2.96. The van der Waals surface area contributed by atoms with Gasteiger partial charge in [-0.05, 0) is 24.3 Å². The Bertz CT molecular complexity index is 833. The molecular weight excluding hydrogens is 336 g/mol. The van der Waals surface area contributed by atoms with E-state index in [0.717, 1.165) is 24.2 Å². The van der Waals surface area contributed by atoms with Crippen molar-refractivity contribution < 1.29 is 18.1 Å². The Balaban J connectivity index is 1.59. The largest absolute Gasteiger partial charge is 0.330 e. The van der Waals surface area contributed by atoms with E-state index in [1.807, 2.05) is 61.6 Å². The number of benzene rings is 2. The maximum atomic E-state index is 12.2. The van der Waals surface area contributed by atoms with Crippen molar-refractivity contribution in [2.45, 2.75) is 19.0 Å². The van der Waals surface area contributed by atoms with Crippen LogP contribution in [0, 0.1) is 0 Å². The Hall–Kier alpha value is -2.18. The molecule has 1 fully saturated rings. The molecule has 3 rings (SSSR count). The molecule has 6 heteroatoms. The fraction of sp³-hybridized carbons (Fsp3) is 0.316. The molecule has 25 heavy (non-hydrogen) atoms. The number of para-hydroxylation sites is 1. The first-order chi connectivity index (χ1) is 11.9. The van der Waals surface area contributed by atoms with Crippen LogP contribution in [0.2, 0.25) is 0 Å². The van der Waals surface area contributed by atoms with E-state index in [0.29, 0.717) is 11.3 Å². The number of quaternary nitrogens is 1. The minimum Gasteiger partial charge on any atom is -0.330 e. The van der Waals surface area contributed by atoms with Crippen molar-refractivity contribution in [3.8, 4) is 0 Å². The summed E-state index contributed by atoms with van der Waals surface area (Å²) in [5.74, 6) is 0.435. The molecule has 0 aliphatic carbocycles. The van der Waals surface area contributed by atoms with Crippen LogP contribution in [0.25, 0.3) is 0 Å². The van der Waals surface area contributed by atoms with Gasteiger partial charge in [0.2, 0.25) is 0 Å². The van der Waals surface area contributed by atoms with E-state index in [9.17, 15) is 13.2 Å². The van der Waals surface area contributed by atoms with Crippen LogP contribution in [0.5, 0.6) is 0 Å². The predicted molar refractivity (Wildman–Crippen MR) is 98.5 cm³/mol. The standard InChI is InChI=1S/C19H22N2O3S/c1-21(18-11-12-25(23,24)14-18)13-15-7-9-16(10-8-15)19(22)20-17-5-3-2-4-6-17/h2-10,18H,11-14H2,1H3,(H,20,22)/p+1/t18-/m1/s1. The molecule has 0 saturated carbocycles. The third-order valence-corrected chi connectivity index (χ3v) is 6.43. The highest BCUT2D eigenvalue weighted by molar-refractivity contribution is 7.91. The molecule has 132 valence electrons. The molecule has 1 unspecified atom stereocenters. The summed E-state index contributed by atoms with van der Waals surface area (Å²) in [5.41, 5.74) is 2.47. The third-order valence-electron chi connectivity index (χ3n) is 4.66. The molecule has 5 nitrogen and oxygen atoms in total. The van der Waals surface area contributed by atoms with Crippen molar-refractivity contribution in [3.63, 3.8) is 0 Å². The van der Waals surface area contributed by atoms with Crippen LogP contribution in [0.15, 0.2) is 54.6 Å². The molecule has 0 bridgehead atoms. The Labute approximate surface area is 148 Å². The van der Waals surface area contributed by atoms with Gasteiger partial charge in [0, 0.05) is 23.2 Å². The molecule has 0 aromatic heterocycles. The summed E-state index contributed by atoms with van der Waals surface area (Å²) in [6.45, 7) is 0.751. The fourth-order valence-corrected chi connectivity index (χ4v) is 5.02. The van der Waals surface area contributed by atoms with Gasteiger partial charge in [-0.3, -0.25) is 4.79 Å². The highest BCUT2D eigenvalue weighted by Gasteiger charge is 2.33. The SMILES string of the molecule is C[NH+](Cc1ccc(C(=O)Nc2ccccc2)cc1)[C@@H]1CCS(=O)(=O)C1. The fourth-order valence-electron chi connectivity index (χ4n) is 3.15. The Morgan fingerprint density at radius 3 is 2.40 bits per heavy atom. The minimum absolute atomic E-state index is 0.139. The number of amides is 1. The smallest absolute Gasteiger partial charge is 0.255 e. The Kier molecular flexibility index (Phi) is 5.20. The lowest BCUT2D eigenvalue weighted by Gasteiger charge is -2.20. The molecule has 1 aliphatic rings. The van der Waals surface area contributed by atoms with Gasteiger partial charge in [-0.2, -0.15) is 0 Å². The topological polar surface area (TPSA) is 67.7 Å². The molecule has 2 N–H and O–H groups in total. The number of nitrogens with one attached hydrogen (secondary N) is 2. The number of hydrogen-bond donors (Lipinski definition) is 2. The lowest BCUT2D eigenvalue weighted by molar-refractivity contribution is -0.916. The first-order valence-electron chi connectivity index (χ1n) is 8.41. The average molecular weight is 359 g/mol. The van der Waals surface area contributed by atoms with Crippen molar-refractivity contribution >= 4 is 21.4 Å². The van der Waals surface area contributed by atoms with Gasteiger partial charge in [0.1, 0.15) is 18.3 Å². The molecule has 1 saturated heterocycles. The van der Waals surface area contributed by atoms with E-state index in [1.165, 1.54) is 4.90 Å². The van der Waals surface area contributed by atoms with Crippen LogP contribution in [-0.2, 0) is 16.4 Å². The van der Waals surface area contributed by atoms with E-state index in [-0.39, 0.29) is 17.7 Å². The van der Waals surface area contributed by atoms with Gasteiger partial charge in [-0.15, -0.1) is 0 Å². The van der Waals surface area contributed by atoms with Gasteiger partial charge < -0.3 is 10.2 Å². The van der Waals surface area contributed by atoms with Crippen LogP contribution in [0.4, 0.5) is 5.69 Å². The molecule has 0 radical (unpaired) electrons. The van der Waals surface area contributed by atoms with Crippen molar-refractivity contribution in [3.05, 3.63) is 65.7 Å². The van der Waals surface area contributed by atoms with Crippen molar-refractivity contribution in [2.24, 2.45) is 0 Å². The Morgan fingerprint density at radius 1 is 1.12 bits per heavy atom. The summed E-state index contributed by atoms with van der Waals surface area (Å²) in [5, 5.41) is 2.86. The minimum atomic E-state index is -2.85. The zero-order chi connectivity index (χ0) is 17.9. The number of carbonyl (C=O) groups is 1. The first kappa shape index (κ1) is 17.6. The van der Waals surface area contributed by atoms with E-state index < -0.39 is 9.84 Å². The lowest BCUT2D eigenvalue weighted by atomic mass is 10.1. The zero-order valence-corrected chi connectivity index (χ0v) is 15.1. The number of sulfone groups is 1. The molecule has 2 atom stereocenters. The second-order valence-corrected chi connectivity index (χ2v) is 8.87. The number of carbonyl (C=O) groups excluding carboxylic acids is 1. The summed E-state index contributed by atoms with van der Waals surface area (Å²) in [6.07, 6.45) is 0.728. The third kappa shape index (κ3) is 4.67. The van der Waals surface area contributed by atoms with Crippen LogP contribution in [0.3, 0.4) is 0 Å². The van der Waals surface area contributed by atoms with Gasteiger partial charge in [0.15, 0.2) is 9.84 Å². The molecule has 1 aliphatic heterocycles. The summed E-state index contributed by atoms with van der Waals surface area (Å²) in [6, 6.07) is 17.0. The number of hydrogen-bond acceptors (Lipinski definition) is 3. The highest BCUT2D eigenvalue weighted by atomic mass is 32.2. The molecule has 1 heterocycles. The molecule has 1 amide bonds. The predicted octanol–water partition coefficient (Wildman–Crippen LogP) is 1.14. The maximum Gasteiger partial charge on any atom is 0.255 e. The summed E-state index contributed by atoms with van der Waals surface area (Å²) in [4.78, 5) is 13.4. The summed E-state index contributed by atoms with van der Waals surface area (Å²) in [7, 11) is -0.825. The molecule has 0 spiro atoms. The molecule has 2 aromatic rings. The lowest BCUT2D eigenvalue weighted by Crippen LogP contribution is -3.12. The van der Waals surface area contributed by atoms with E-state index in [1.54, 1.807) is 0 Å². The normalized spacial score (nSPS) is 20.1. The number of anilines is 1. The van der Waals surface area contributed by atoms with E-state index in [4.69, 9.17) is 0 Å². The van der Waals surface area contributed by atoms with Crippen LogP contribution in [0.1, 0.15) is 22.3 Å². The second kappa shape index (κ2) is 7.37. The Morgan fingerprint density at radius 2 is 1.80 bits per heavy atom. The molecule has 2 aromatic carbocycles. The monoisotopic (exact) mass is 359 g/mol. The first-order valence-corrected chi connectivity index (χ1v) is 10.2. The van der Waals surface area contributed by atoms with E-state index in [2.05, 4.69) is 5.32 Å². The summed E-state index contributed by atoms with van der Waals surface area (Å²) >= 11 is 0. The molecular formula is C19H23N2O3S+. The van der Waals surface area contributed by atoms with Gasteiger partial charge >= 0.3 is 0 Å². The van der Waals surface area contributed by atoms with Crippen molar-refractivity contribution in [1.82, 2.24) is 0 Å². The summed E-state index contributed by atoms with van der Waals surface area (Å²) < 4.78 is 23.2. The van der Waals surface area contributed by atoms with Crippen LogP contribution in [-0.4, -0.2) is 38.9 Å². The zero-order valence-electron chi connectivity index (χ0n) is 14.2. The van der Waals surface area contributed by atoms with Crippen LogP contribution < -0.4 is 10.2 Å². The van der Waals surface area contributed by atoms with Crippen LogP contribution >= 0.6 is 0 Å². The maximum absolute atomic E-state index is 12.2. The second-order valence-electron chi connectivity index (χ2n) is 6.64. The highest BCUT2D eigenvalue weighted by Crippen LogP contribution is 2.11. The van der Waals surface area contributed by atoms with Gasteiger partial charge in [0.25, 0.3) is 5.91 Å². The number of rotatable bonds is 5. The van der Waals surface area contributed by atoms with Gasteiger partial charge in [-0.1, -0.05) is 30.3 Å². The van der Waals surface area contributed by atoms with Gasteiger partial charge in [0.05, 0.1) is 12.8 Å². The van der Waals surface area contributed by atoms with Gasteiger partial charge in [-0.25, -0.2) is 8.42 Å². The van der Waals surface area contributed by atoms with Crippen molar-refractivity contribution in [1.29, 1.82) is 0 Å². The van der Waals surface area contributed by atoms with E-state index >= 15 is 0 Å². The van der Waals surface area contributed by atoms with Crippen molar-refractivity contribution in [2.75, 3.05) is 23.9 Å².